The molecule has 0 unspecified atom stereocenters. The standard InChI is InChI=1S/C51H58N4O13/c1-24-14-13-15-25(2)50(63)54-41-45(61)37-36(40-48(41)67-35-23-32(22-33(57)39(35)53-40)55(9)20-17-31-16-11-12-19-52-31)38-47(29(6)44(37)60)68-51(8,49(38)62)65-21-18-34(64-10)26(3)46(66-30(7)56)28(5)43(59)27(4)42(24)58/h11-16,18-19,21-24,26-28,34,42-43,46,58-60,62H,17,20H2,1-10H3,(H,54,63)/b14-13+,21-18+,25-15-/t24-,26+,27+,28+,34-,42-,43+,46+,51-/m0/s1. The van der Waals surface area contributed by atoms with Gasteiger partial charge in [0.1, 0.15) is 28.8 Å². The van der Waals surface area contributed by atoms with Gasteiger partial charge in [-0.15, -0.1) is 0 Å². The maximum atomic E-state index is 14.9. The first kappa shape index (κ1) is 49.1. The third-order valence-corrected chi connectivity index (χ3v) is 13.3. The monoisotopic (exact) mass is 934 g/mol. The number of benzene rings is 3. The summed E-state index contributed by atoms with van der Waals surface area (Å²) in [4.78, 5) is 66.3. The molecule has 0 saturated heterocycles. The van der Waals surface area contributed by atoms with Crippen LogP contribution >= 0.6 is 0 Å². The number of phenols is 1. The molecule has 0 radical (unpaired) electrons. The summed E-state index contributed by atoms with van der Waals surface area (Å²) in [6, 6.07) is 8.60. The number of nitrogens with zero attached hydrogens (tertiary/aromatic N) is 3. The van der Waals surface area contributed by atoms with Gasteiger partial charge in [-0.2, -0.15) is 0 Å². The molecular weight excluding hydrogens is 877 g/mol. The Balaban J connectivity index is 1.46. The number of fused-ring (bicyclic) bond motifs is 2. The van der Waals surface area contributed by atoms with Crippen LogP contribution < -0.4 is 31.0 Å². The largest absolute Gasteiger partial charge is 0.507 e. The van der Waals surface area contributed by atoms with Gasteiger partial charge in [-0.05, 0) is 32.1 Å². The lowest BCUT2D eigenvalue weighted by atomic mass is 9.78. The molecule has 360 valence electrons. The van der Waals surface area contributed by atoms with E-state index in [-0.39, 0.29) is 55.1 Å². The number of hydrogen-bond acceptors (Lipinski definition) is 16. The molecule has 9 atom stereocenters. The molecule has 4 bridgehead atoms. The fourth-order valence-corrected chi connectivity index (χ4v) is 9.05. The number of aromatic nitrogens is 2. The average molecular weight is 935 g/mol. The summed E-state index contributed by atoms with van der Waals surface area (Å²) in [5, 5.41) is 49.2. The predicted molar refractivity (Wildman–Crippen MR) is 256 cm³/mol. The Morgan fingerprint density at radius 2 is 1.71 bits per heavy atom. The molecule has 5 aromatic rings. The Labute approximate surface area is 392 Å². The van der Waals surface area contributed by atoms with Crippen LogP contribution in [0.5, 0.6) is 11.5 Å². The average Bonchev–Trinajstić information content (AvgIpc) is 3.58. The number of ether oxygens (including phenoxy) is 4. The van der Waals surface area contributed by atoms with Crippen molar-refractivity contribution in [2.45, 2.75) is 92.0 Å². The lowest BCUT2D eigenvalue weighted by molar-refractivity contribution is -0.160. The first-order valence-corrected chi connectivity index (χ1v) is 22.4. The number of aromatic hydroxyl groups is 1. The van der Waals surface area contributed by atoms with Gasteiger partial charge in [-0.25, -0.2) is 4.98 Å². The lowest BCUT2D eigenvalue weighted by Crippen LogP contribution is -2.46. The first-order chi connectivity index (χ1) is 32.2. The number of methoxy groups -OCH3 is 1. The van der Waals surface area contributed by atoms with Crippen LogP contribution in [0.25, 0.3) is 38.7 Å². The van der Waals surface area contributed by atoms with Gasteiger partial charge < -0.3 is 54.0 Å². The van der Waals surface area contributed by atoms with Crippen LogP contribution in [0, 0.1) is 30.6 Å². The number of rotatable bonds is 6. The van der Waals surface area contributed by atoms with Crippen LogP contribution in [0.15, 0.2) is 86.7 Å². The number of likely N-dealkylation sites (N-methyl/N-ethyl adjacent to an activating group) is 1. The molecule has 17 nitrogen and oxygen atoms in total. The minimum Gasteiger partial charge on any atom is -0.507 e. The summed E-state index contributed by atoms with van der Waals surface area (Å²) < 4.78 is 30.4. The van der Waals surface area contributed by atoms with Crippen molar-refractivity contribution in [2.75, 3.05) is 30.9 Å². The fourth-order valence-electron chi connectivity index (χ4n) is 9.05. The van der Waals surface area contributed by atoms with Crippen LogP contribution in [0.2, 0.25) is 0 Å². The molecule has 0 spiro atoms. The van der Waals surface area contributed by atoms with Crippen molar-refractivity contribution in [1.82, 2.24) is 9.97 Å². The number of nitrogens with one attached hydrogen (secondary N) is 1. The molecule has 2 aliphatic heterocycles. The second-order valence-corrected chi connectivity index (χ2v) is 18.0. The third kappa shape index (κ3) is 9.12. The minimum atomic E-state index is -2.00. The molecule has 1 amide bonds. The SMILES string of the molecule is CO[C@H]1/C=C/O[C@@]2(C)Oc3c(C)c(O)c4c(=O)c(c5oc6cc(N(C)CCc7ccccn7)cc(=O)c6nc5c4c3=C2O)NC(=O)/C(C)=C\C=C\[C@H](C)[C@H](O)[C@@H](C)[C@@H](O)[C@@H](C)[C@H](OC(C)=O)[C@@H]1C. The summed E-state index contributed by atoms with van der Waals surface area (Å²) >= 11 is 0. The van der Waals surface area contributed by atoms with Crippen molar-refractivity contribution in [3.63, 3.8) is 0 Å². The molecule has 2 aromatic heterocycles. The number of aliphatic hydroxyl groups is 3. The molecule has 7 rings (SSSR count). The summed E-state index contributed by atoms with van der Waals surface area (Å²) in [5.74, 6) is -7.04. The minimum absolute atomic E-state index is 0.0165. The normalized spacial score (nSPS) is 27.6. The number of esters is 1. The number of pyridine rings is 1. The molecule has 3 aromatic carbocycles. The highest BCUT2D eigenvalue weighted by molar-refractivity contribution is 6.16. The number of aliphatic hydroxyl groups excluding tert-OH is 3. The van der Waals surface area contributed by atoms with E-state index >= 15 is 0 Å². The van der Waals surface area contributed by atoms with E-state index in [1.54, 1.807) is 59.2 Å². The van der Waals surface area contributed by atoms with Crippen LogP contribution in [0.3, 0.4) is 0 Å². The zero-order valence-electron chi connectivity index (χ0n) is 39.7. The van der Waals surface area contributed by atoms with Crippen LogP contribution in [-0.4, -0.2) is 93.2 Å². The van der Waals surface area contributed by atoms with E-state index in [2.05, 4.69) is 10.3 Å². The van der Waals surface area contributed by atoms with Gasteiger partial charge in [0, 0.05) is 111 Å². The topological polar surface area (TPSA) is 240 Å². The number of phenolic OH excluding ortho intramolecular Hbond substituents is 1. The van der Waals surface area contributed by atoms with Crippen molar-refractivity contribution in [2.24, 2.45) is 23.7 Å². The Morgan fingerprint density at radius 1 is 0.971 bits per heavy atom. The molecule has 4 heterocycles. The van der Waals surface area contributed by atoms with Gasteiger partial charge >= 0.3 is 11.8 Å². The Bertz CT molecular complexity index is 3060. The van der Waals surface area contributed by atoms with Gasteiger partial charge in [0.15, 0.2) is 22.4 Å². The summed E-state index contributed by atoms with van der Waals surface area (Å²) in [7, 11) is 3.24. The second kappa shape index (κ2) is 19.4. The van der Waals surface area contributed by atoms with Crippen molar-refractivity contribution in [3.8, 4) is 11.5 Å². The van der Waals surface area contributed by atoms with E-state index in [0.717, 1.165) is 5.69 Å². The number of amides is 1. The Morgan fingerprint density at radius 3 is 2.38 bits per heavy atom. The van der Waals surface area contributed by atoms with Crippen molar-refractivity contribution < 1.29 is 53.4 Å². The predicted octanol–water partition coefficient (Wildman–Crippen LogP) is 5.63. The molecule has 0 saturated carbocycles. The number of carbonyl (C=O) groups is 2. The van der Waals surface area contributed by atoms with E-state index in [0.29, 0.717) is 18.7 Å². The van der Waals surface area contributed by atoms with E-state index in [4.69, 9.17) is 28.3 Å². The van der Waals surface area contributed by atoms with Crippen molar-refractivity contribution in [1.29, 1.82) is 0 Å². The van der Waals surface area contributed by atoms with Crippen LogP contribution in [0.4, 0.5) is 11.4 Å². The molecular formula is C51H58N4O13. The van der Waals surface area contributed by atoms with Crippen molar-refractivity contribution in [3.05, 3.63) is 110 Å². The van der Waals surface area contributed by atoms with Crippen LogP contribution in [-0.2, 0) is 30.2 Å². The first-order valence-electron chi connectivity index (χ1n) is 22.4. The highest BCUT2D eigenvalue weighted by atomic mass is 16.7. The maximum Gasteiger partial charge on any atom is 0.307 e. The molecule has 17 heteroatoms. The lowest BCUT2D eigenvalue weighted by Gasteiger charge is -2.38. The second-order valence-electron chi connectivity index (χ2n) is 18.0. The highest BCUT2D eigenvalue weighted by Crippen LogP contribution is 2.42. The van der Waals surface area contributed by atoms with E-state index < -0.39 is 93.8 Å². The maximum absolute atomic E-state index is 14.9. The molecule has 68 heavy (non-hydrogen) atoms. The van der Waals surface area contributed by atoms with Gasteiger partial charge in [0.2, 0.25) is 10.9 Å². The molecule has 5 N–H and O–H groups in total. The highest BCUT2D eigenvalue weighted by Gasteiger charge is 2.44. The van der Waals surface area contributed by atoms with Gasteiger partial charge in [-0.3, -0.25) is 24.2 Å². The zero-order valence-corrected chi connectivity index (χ0v) is 39.7. The molecule has 0 fully saturated rings. The number of anilines is 2. The smallest absolute Gasteiger partial charge is 0.307 e. The zero-order chi connectivity index (χ0) is 49.5. The van der Waals surface area contributed by atoms with Crippen molar-refractivity contribution >= 4 is 62.0 Å². The van der Waals surface area contributed by atoms with Gasteiger partial charge in [-0.1, -0.05) is 52.0 Å². The quantitative estimate of drug-likeness (QED) is 0.0787. The summed E-state index contributed by atoms with van der Waals surface area (Å²) in [6.45, 7) is 13.0. The Hall–Kier alpha value is -6.82. The summed E-state index contributed by atoms with van der Waals surface area (Å²) in [6.07, 6.45) is 5.75. The molecule has 2 aliphatic rings. The van der Waals surface area contributed by atoms with E-state index in [1.165, 1.54) is 59.3 Å². The Kier molecular flexibility index (Phi) is 14.0. The van der Waals surface area contributed by atoms with Gasteiger partial charge in [0.05, 0.1) is 35.2 Å². The summed E-state index contributed by atoms with van der Waals surface area (Å²) in [5.41, 5.74) is -0.909. The van der Waals surface area contributed by atoms with Gasteiger partial charge in [0.25, 0.3) is 5.91 Å². The van der Waals surface area contributed by atoms with E-state index in [1.807, 2.05) is 23.1 Å². The number of allylic oxidation sites excluding steroid dienone is 2. The number of carbonyl (C=O) groups excluding carboxylic acids is 2. The third-order valence-electron chi connectivity index (χ3n) is 13.3. The molecule has 0 aliphatic carbocycles. The van der Waals surface area contributed by atoms with Crippen LogP contribution in [0.1, 0.15) is 59.7 Å². The number of hydrogen-bond donors (Lipinski definition) is 5. The fraction of sp³-hybridized carbons (Fsp3) is 0.412. The van der Waals surface area contributed by atoms with E-state index in [9.17, 15) is 39.6 Å².